The number of carbonyl (C=O) groups is 1. The SMILES string of the molecule is O=C1N(C(F)(F)C(F)(F)OC(F)(F)F)C(F)(C(F)(F)F)C(F)(C(F)(F)F)N1C(F)(F)C(F)(F)OC(F)(F)F. The topological polar surface area (TPSA) is 42.0 Å². The summed E-state index contributed by atoms with van der Waals surface area (Å²) in [6.07, 6.45) is -47.2. The highest BCUT2D eigenvalue weighted by atomic mass is 19.4. The van der Waals surface area contributed by atoms with E-state index in [-0.39, 0.29) is 0 Å². The zero-order valence-corrected chi connectivity index (χ0v) is 15.9. The first-order valence-corrected chi connectivity index (χ1v) is 7.77. The van der Waals surface area contributed by atoms with E-state index in [4.69, 9.17) is 0 Å². The summed E-state index contributed by atoms with van der Waals surface area (Å²) in [5, 5.41) is 0. The molecule has 1 aliphatic rings. The maximum atomic E-state index is 14.7. The molecule has 0 spiro atoms. The molecule has 0 aromatic carbocycles. The summed E-state index contributed by atoms with van der Waals surface area (Å²) in [5.41, 5.74) is 0. The van der Waals surface area contributed by atoms with E-state index in [1.165, 1.54) is 9.47 Å². The van der Waals surface area contributed by atoms with Gasteiger partial charge in [0.15, 0.2) is 0 Å². The maximum Gasteiger partial charge on any atom is 0.527 e. The van der Waals surface area contributed by atoms with Crippen LogP contribution in [0.4, 0.5) is 101 Å². The van der Waals surface area contributed by atoms with E-state index in [0.29, 0.717) is 0 Å². The molecule has 1 saturated heterocycles. The van der Waals surface area contributed by atoms with Gasteiger partial charge in [0.1, 0.15) is 0 Å². The molecule has 0 aromatic rings. The molecule has 1 fully saturated rings. The summed E-state index contributed by atoms with van der Waals surface area (Å²) in [6, 6.07) is -22.0. The van der Waals surface area contributed by atoms with Crippen LogP contribution in [0.3, 0.4) is 0 Å². The van der Waals surface area contributed by atoms with E-state index in [1.807, 2.05) is 0 Å². The van der Waals surface area contributed by atoms with Gasteiger partial charge < -0.3 is 0 Å². The monoisotopic (exact) mass is 626 g/mol. The van der Waals surface area contributed by atoms with E-state index in [9.17, 15) is 101 Å². The normalized spacial score (nSPS) is 25.5. The molecule has 2 unspecified atom stereocenters. The first-order chi connectivity index (χ1) is 16.1. The minimum atomic E-state index is -8.56. The Labute approximate surface area is 189 Å². The fraction of sp³-hybridized carbons (Fsp3) is 0.909. The lowest BCUT2D eigenvalue weighted by Gasteiger charge is -2.44. The minimum Gasteiger partial charge on any atom is -0.248 e. The zero-order chi connectivity index (χ0) is 31.1. The summed E-state index contributed by atoms with van der Waals surface area (Å²) in [4.78, 5) is 2.86. The van der Waals surface area contributed by atoms with Crippen molar-refractivity contribution < 1.29 is 111 Å². The van der Waals surface area contributed by atoms with Gasteiger partial charge in [-0.2, -0.15) is 61.5 Å². The number of hydrogen-bond donors (Lipinski definition) is 0. The first kappa shape index (κ1) is 33.7. The van der Waals surface area contributed by atoms with Crippen molar-refractivity contribution in [2.24, 2.45) is 0 Å². The Hall–Kier alpha value is -2.35. The van der Waals surface area contributed by atoms with Gasteiger partial charge in [-0.25, -0.2) is 32.8 Å². The van der Waals surface area contributed by atoms with Gasteiger partial charge in [0.05, 0.1) is 0 Å². The summed E-state index contributed by atoms with van der Waals surface area (Å²) < 4.78 is 292. The molecule has 38 heavy (non-hydrogen) atoms. The quantitative estimate of drug-likeness (QED) is 0.246. The molecule has 1 rings (SSSR count). The highest BCUT2D eigenvalue weighted by molar-refractivity contribution is 5.81. The van der Waals surface area contributed by atoms with Crippen LogP contribution in [0.5, 0.6) is 0 Å². The lowest BCUT2D eigenvalue weighted by atomic mass is 9.99. The van der Waals surface area contributed by atoms with Gasteiger partial charge in [0.2, 0.25) is 0 Å². The fourth-order valence-electron chi connectivity index (χ4n) is 2.59. The predicted molar refractivity (Wildman–Crippen MR) is 62.9 cm³/mol. The van der Waals surface area contributed by atoms with E-state index >= 15 is 0 Å². The third-order valence-electron chi connectivity index (χ3n) is 3.94. The van der Waals surface area contributed by atoms with Crippen molar-refractivity contribution in [3.63, 3.8) is 0 Å². The molecule has 2 amide bonds. The molecule has 226 valence electrons. The van der Waals surface area contributed by atoms with Gasteiger partial charge in [-0.15, -0.1) is 26.3 Å². The van der Waals surface area contributed by atoms with E-state index in [2.05, 4.69) is 0 Å². The van der Waals surface area contributed by atoms with Crippen molar-refractivity contribution >= 4 is 6.03 Å². The van der Waals surface area contributed by atoms with Gasteiger partial charge in [-0.1, -0.05) is 0 Å². The number of nitrogens with zero attached hydrogens (tertiary/aromatic N) is 2. The lowest BCUT2D eigenvalue weighted by molar-refractivity contribution is -0.505. The second-order valence-corrected chi connectivity index (χ2v) is 6.40. The molecule has 1 aliphatic heterocycles. The smallest absolute Gasteiger partial charge is 0.248 e. The van der Waals surface area contributed by atoms with Crippen LogP contribution >= 0.6 is 0 Å². The third-order valence-corrected chi connectivity index (χ3v) is 3.94. The second-order valence-electron chi connectivity index (χ2n) is 6.40. The number of urea groups is 1. The predicted octanol–water partition coefficient (Wildman–Crippen LogP) is 6.62. The van der Waals surface area contributed by atoms with Crippen molar-refractivity contribution in [2.75, 3.05) is 0 Å². The van der Waals surface area contributed by atoms with Crippen molar-refractivity contribution in [2.45, 2.75) is 61.0 Å². The molecule has 0 bridgehead atoms. The number of halogens is 22. The molecule has 0 aromatic heterocycles. The van der Waals surface area contributed by atoms with Crippen LogP contribution in [-0.2, 0) is 9.47 Å². The molecular weight excluding hydrogens is 626 g/mol. The number of rotatable bonds is 6. The van der Waals surface area contributed by atoms with Gasteiger partial charge in [-0.3, -0.25) is 0 Å². The molecule has 1 heterocycles. The summed E-state index contributed by atoms with van der Waals surface area (Å²) in [7, 11) is 0. The van der Waals surface area contributed by atoms with Gasteiger partial charge in [0.25, 0.3) is 0 Å². The average molecular weight is 626 g/mol. The minimum absolute atomic E-state index is 1.22. The Morgan fingerprint density at radius 3 is 0.842 bits per heavy atom. The fourth-order valence-corrected chi connectivity index (χ4v) is 2.59. The van der Waals surface area contributed by atoms with Crippen molar-refractivity contribution in [1.29, 1.82) is 0 Å². The number of ether oxygens (including phenoxy) is 2. The van der Waals surface area contributed by atoms with E-state index < -0.39 is 76.8 Å². The summed E-state index contributed by atoms with van der Waals surface area (Å²) in [5.74, 6) is -17.1. The van der Waals surface area contributed by atoms with Crippen molar-refractivity contribution in [3.8, 4) is 0 Å². The van der Waals surface area contributed by atoms with E-state index in [1.54, 1.807) is 0 Å². The van der Waals surface area contributed by atoms with Crippen LogP contribution in [-0.4, -0.2) is 76.8 Å². The van der Waals surface area contributed by atoms with Gasteiger partial charge in [0, 0.05) is 0 Å². The molecule has 0 saturated carbocycles. The van der Waals surface area contributed by atoms with Crippen molar-refractivity contribution in [1.82, 2.24) is 9.80 Å². The molecular formula is C11F22N2O3. The second kappa shape index (κ2) is 8.33. The summed E-state index contributed by atoms with van der Waals surface area (Å²) >= 11 is 0. The molecule has 2 atom stereocenters. The van der Waals surface area contributed by atoms with Crippen LogP contribution in [0.1, 0.15) is 0 Å². The number of alkyl halides is 22. The largest absolute Gasteiger partial charge is 0.527 e. The highest BCUT2D eigenvalue weighted by Gasteiger charge is 2.98. The Kier molecular flexibility index (Phi) is 7.38. The molecule has 0 aliphatic carbocycles. The van der Waals surface area contributed by atoms with Crippen LogP contribution in [0.25, 0.3) is 0 Å². The maximum absolute atomic E-state index is 14.7. The standard InChI is InChI=1S/C11F22N2O3/c12-2(4(14,15)16)3(13,5(17,18)19)35(7(22,23)9(26,27)38-11(31,32)33)1(36)34(2)6(20,21)8(24,25)37-10(28,29)30. The molecule has 5 nitrogen and oxygen atoms in total. The van der Waals surface area contributed by atoms with Crippen LogP contribution in [0.15, 0.2) is 0 Å². The van der Waals surface area contributed by atoms with Crippen LogP contribution in [0, 0.1) is 0 Å². The summed E-state index contributed by atoms with van der Waals surface area (Å²) in [6.45, 7) is 0. The van der Waals surface area contributed by atoms with E-state index in [0.717, 1.165) is 0 Å². The zero-order valence-electron chi connectivity index (χ0n) is 15.9. The Balaban J connectivity index is 4.25. The van der Waals surface area contributed by atoms with Gasteiger partial charge >= 0.3 is 67.0 Å². The third kappa shape index (κ3) is 4.78. The molecule has 27 heteroatoms. The van der Waals surface area contributed by atoms with Crippen LogP contribution in [0.2, 0.25) is 0 Å². The first-order valence-electron chi connectivity index (χ1n) is 7.77. The Morgan fingerprint density at radius 2 is 0.684 bits per heavy atom. The van der Waals surface area contributed by atoms with Gasteiger partial charge in [-0.05, 0) is 0 Å². The Bertz CT molecular complexity index is 845. The highest BCUT2D eigenvalue weighted by Crippen LogP contribution is 2.66. The number of amides is 2. The lowest BCUT2D eigenvalue weighted by Crippen LogP contribution is -2.76. The van der Waals surface area contributed by atoms with Crippen molar-refractivity contribution in [3.05, 3.63) is 0 Å². The Morgan fingerprint density at radius 1 is 0.474 bits per heavy atom. The number of carbonyl (C=O) groups excluding carboxylic acids is 1. The number of hydrogen-bond acceptors (Lipinski definition) is 3. The molecule has 0 N–H and O–H groups in total. The average Bonchev–Trinajstić information content (AvgIpc) is 2.74. The molecule has 0 radical (unpaired) electrons. The van der Waals surface area contributed by atoms with Crippen LogP contribution < -0.4 is 0 Å².